The lowest BCUT2D eigenvalue weighted by Crippen LogP contribution is -2.26. The van der Waals surface area contributed by atoms with Crippen molar-refractivity contribution in [3.63, 3.8) is 0 Å². The molecule has 3 aromatic rings. The highest BCUT2D eigenvalue weighted by Gasteiger charge is 2.30. The summed E-state index contributed by atoms with van der Waals surface area (Å²) < 4.78 is 43.4. The summed E-state index contributed by atoms with van der Waals surface area (Å²) in [5, 5.41) is 2.87. The number of carbonyl (C=O) groups excluding carboxylic acids is 2. The van der Waals surface area contributed by atoms with Crippen LogP contribution in [-0.2, 0) is 15.7 Å². The number of methoxy groups -OCH3 is 1. The fraction of sp³-hybridized carbons (Fsp3) is 0.387. The fourth-order valence-corrected chi connectivity index (χ4v) is 6.17. The van der Waals surface area contributed by atoms with Crippen LogP contribution >= 0.6 is 11.8 Å². The summed E-state index contributed by atoms with van der Waals surface area (Å²) in [4.78, 5) is 29.3. The topological polar surface area (TPSA) is 68.3 Å². The number of pyridine rings is 1. The zero-order valence-corrected chi connectivity index (χ0v) is 23.2. The van der Waals surface area contributed by atoms with Crippen LogP contribution in [-0.4, -0.2) is 30.5 Å². The first-order chi connectivity index (χ1) is 19.2. The van der Waals surface area contributed by atoms with E-state index in [-0.39, 0.29) is 30.1 Å². The third-order valence-electron chi connectivity index (χ3n) is 7.18. The number of esters is 1. The van der Waals surface area contributed by atoms with Gasteiger partial charge in [0.25, 0.3) is 5.91 Å². The molecule has 4 rings (SSSR count). The average Bonchev–Trinajstić information content (AvgIpc) is 2.97. The molecule has 1 amide bonds. The molecule has 9 heteroatoms. The van der Waals surface area contributed by atoms with Crippen LogP contribution in [0, 0.1) is 5.92 Å². The predicted octanol–water partition coefficient (Wildman–Crippen LogP) is 7.86. The smallest absolute Gasteiger partial charge is 0.416 e. The summed E-state index contributed by atoms with van der Waals surface area (Å²) in [6.07, 6.45) is 4.76. The van der Waals surface area contributed by atoms with Gasteiger partial charge in [-0.25, -0.2) is 0 Å². The zero-order chi connectivity index (χ0) is 28.5. The van der Waals surface area contributed by atoms with E-state index in [9.17, 15) is 22.8 Å². The Labute approximate surface area is 236 Å². The van der Waals surface area contributed by atoms with E-state index in [2.05, 4.69) is 15.0 Å². The lowest BCUT2D eigenvalue weighted by molar-refractivity contribution is -0.140. The molecular formula is C31H33F3N2O3S. The van der Waals surface area contributed by atoms with Crippen LogP contribution in [0.4, 0.5) is 13.2 Å². The van der Waals surface area contributed by atoms with Gasteiger partial charge in [-0.2, -0.15) is 13.2 Å². The number of halogens is 3. The second-order valence-electron chi connectivity index (χ2n) is 10.0. The largest absolute Gasteiger partial charge is 0.469 e. The first-order valence-electron chi connectivity index (χ1n) is 13.5. The van der Waals surface area contributed by atoms with Gasteiger partial charge in [0.05, 0.1) is 24.8 Å². The van der Waals surface area contributed by atoms with Crippen molar-refractivity contribution in [1.29, 1.82) is 0 Å². The lowest BCUT2D eigenvalue weighted by atomic mass is 9.85. The summed E-state index contributed by atoms with van der Waals surface area (Å²) in [6, 6.07) is 16.4. The number of benzene rings is 2. The predicted molar refractivity (Wildman–Crippen MR) is 150 cm³/mol. The molecule has 1 heterocycles. The van der Waals surface area contributed by atoms with Gasteiger partial charge in [0.15, 0.2) is 0 Å². The highest BCUT2D eigenvalue weighted by molar-refractivity contribution is 7.99. The summed E-state index contributed by atoms with van der Waals surface area (Å²) >= 11 is 1.73. The Morgan fingerprint density at radius 2 is 1.70 bits per heavy atom. The monoisotopic (exact) mass is 570 g/mol. The van der Waals surface area contributed by atoms with E-state index >= 15 is 0 Å². The molecule has 1 aliphatic carbocycles. The number of hydrogen-bond donors (Lipinski definition) is 1. The zero-order valence-electron chi connectivity index (χ0n) is 22.4. The van der Waals surface area contributed by atoms with Crippen LogP contribution in [0.1, 0.15) is 71.7 Å². The van der Waals surface area contributed by atoms with E-state index in [4.69, 9.17) is 0 Å². The van der Waals surface area contributed by atoms with E-state index in [0.29, 0.717) is 22.7 Å². The molecular weight excluding hydrogens is 537 g/mol. The molecule has 1 aliphatic rings. The van der Waals surface area contributed by atoms with Gasteiger partial charge in [-0.15, -0.1) is 11.8 Å². The Kier molecular flexibility index (Phi) is 10.3. The van der Waals surface area contributed by atoms with Crippen molar-refractivity contribution in [3.8, 4) is 11.3 Å². The fourth-order valence-electron chi connectivity index (χ4n) is 4.91. The first-order valence-corrected chi connectivity index (χ1v) is 14.4. The standard InChI is InChI=1S/C31H33F3N2O3S/c1-39-29(37)17-18-35-30(38)23-9-14-26(15-10-23)40-28(19-21-5-3-2-4-6-21)24-11-16-27(36-20-24)22-7-12-25(13-8-22)31(32,33)34/h7-16,20-21,28H,2-6,17-19H2,1H3,(H,35,38)/t28-/m1/s1. The number of aromatic nitrogens is 1. The molecule has 2 aromatic carbocycles. The number of nitrogens with one attached hydrogen (secondary N) is 1. The maximum atomic E-state index is 12.9. The molecule has 0 bridgehead atoms. The number of carbonyl (C=O) groups is 2. The Balaban J connectivity index is 1.46. The van der Waals surface area contributed by atoms with Crippen LogP contribution in [0.15, 0.2) is 71.8 Å². The normalized spacial score (nSPS) is 14.9. The molecule has 1 fully saturated rings. The second-order valence-corrected chi connectivity index (χ2v) is 11.3. The number of hydrogen-bond acceptors (Lipinski definition) is 5. The average molecular weight is 571 g/mol. The summed E-state index contributed by atoms with van der Waals surface area (Å²) in [5.74, 6) is 0.000836. The van der Waals surface area contributed by atoms with Gasteiger partial charge in [-0.3, -0.25) is 14.6 Å². The molecule has 1 atom stereocenters. The molecule has 1 aromatic heterocycles. The van der Waals surface area contributed by atoms with E-state index in [1.54, 1.807) is 23.9 Å². The van der Waals surface area contributed by atoms with Crippen molar-refractivity contribution >= 4 is 23.6 Å². The molecule has 212 valence electrons. The van der Waals surface area contributed by atoms with E-state index in [1.165, 1.54) is 51.3 Å². The van der Waals surface area contributed by atoms with Gasteiger partial charge in [-0.05, 0) is 60.4 Å². The molecule has 1 N–H and O–H groups in total. The number of ether oxygens (including phenoxy) is 1. The van der Waals surface area contributed by atoms with Crippen LogP contribution in [0.25, 0.3) is 11.3 Å². The summed E-state index contributed by atoms with van der Waals surface area (Å²) in [6.45, 7) is 0.209. The Bertz CT molecular complexity index is 1260. The maximum absolute atomic E-state index is 12.9. The van der Waals surface area contributed by atoms with Gasteiger partial charge < -0.3 is 10.1 Å². The van der Waals surface area contributed by atoms with Gasteiger partial charge in [0, 0.05) is 34.0 Å². The SMILES string of the molecule is COC(=O)CCNC(=O)c1ccc(S[C@H](CC2CCCCC2)c2ccc(-c3ccc(C(F)(F)F)cc3)nc2)cc1. The van der Waals surface area contributed by atoms with E-state index in [0.717, 1.165) is 29.0 Å². The van der Waals surface area contributed by atoms with E-state index < -0.39 is 11.7 Å². The minimum Gasteiger partial charge on any atom is -0.469 e. The number of nitrogens with zero attached hydrogens (tertiary/aromatic N) is 1. The molecule has 0 radical (unpaired) electrons. The Hall–Kier alpha value is -3.33. The molecule has 0 spiro atoms. The van der Waals surface area contributed by atoms with Crippen molar-refractivity contribution in [3.05, 3.63) is 83.6 Å². The second kappa shape index (κ2) is 13.8. The number of thioether (sulfide) groups is 1. The molecule has 0 saturated heterocycles. The molecule has 1 saturated carbocycles. The van der Waals surface area contributed by atoms with Crippen molar-refractivity contribution < 1.29 is 27.5 Å². The number of amides is 1. The van der Waals surface area contributed by atoms with Crippen molar-refractivity contribution in [2.24, 2.45) is 5.92 Å². The van der Waals surface area contributed by atoms with Crippen molar-refractivity contribution in [2.75, 3.05) is 13.7 Å². The number of rotatable bonds is 10. The van der Waals surface area contributed by atoms with Crippen molar-refractivity contribution in [1.82, 2.24) is 10.3 Å². The molecule has 0 unspecified atom stereocenters. The third-order valence-corrected chi connectivity index (χ3v) is 8.47. The van der Waals surface area contributed by atoms with Gasteiger partial charge in [0.2, 0.25) is 0 Å². The summed E-state index contributed by atoms with van der Waals surface area (Å²) in [7, 11) is 1.31. The van der Waals surface area contributed by atoms with Crippen molar-refractivity contribution in [2.45, 2.75) is 61.3 Å². The van der Waals surface area contributed by atoms with Gasteiger partial charge in [0.1, 0.15) is 0 Å². The maximum Gasteiger partial charge on any atom is 0.416 e. The Morgan fingerprint density at radius 1 is 1.00 bits per heavy atom. The molecule has 40 heavy (non-hydrogen) atoms. The lowest BCUT2D eigenvalue weighted by Gasteiger charge is -2.26. The highest BCUT2D eigenvalue weighted by atomic mass is 32.2. The van der Waals surface area contributed by atoms with E-state index in [1.807, 2.05) is 30.5 Å². The van der Waals surface area contributed by atoms with Crippen LogP contribution in [0.2, 0.25) is 0 Å². The number of alkyl halides is 3. The Morgan fingerprint density at radius 3 is 2.30 bits per heavy atom. The minimum absolute atomic E-state index is 0.116. The quantitative estimate of drug-likeness (QED) is 0.199. The first kappa shape index (κ1) is 29.6. The highest BCUT2D eigenvalue weighted by Crippen LogP contribution is 2.43. The van der Waals surface area contributed by atoms with Crippen LogP contribution < -0.4 is 5.32 Å². The molecule has 0 aliphatic heterocycles. The minimum atomic E-state index is -4.37. The van der Waals surface area contributed by atoms with Crippen LogP contribution in [0.5, 0.6) is 0 Å². The van der Waals surface area contributed by atoms with Crippen LogP contribution in [0.3, 0.4) is 0 Å². The summed E-state index contributed by atoms with van der Waals surface area (Å²) in [5.41, 5.74) is 2.16. The molecule has 5 nitrogen and oxygen atoms in total. The van der Waals surface area contributed by atoms with Gasteiger partial charge >= 0.3 is 12.1 Å². The van der Waals surface area contributed by atoms with Gasteiger partial charge in [-0.1, -0.05) is 50.3 Å². The third kappa shape index (κ3) is 8.34.